The highest BCUT2D eigenvalue weighted by molar-refractivity contribution is 5.94. The zero-order valence-corrected chi connectivity index (χ0v) is 12.4. The third-order valence-corrected chi connectivity index (χ3v) is 3.54. The summed E-state index contributed by atoms with van der Waals surface area (Å²) in [5.74, 6) is 0.234. The second-order valence-corrected chi connectivity index (χ2v) is 5.21. The normalized spacial score (nSPS) is 11.7. The summed E-state index contributed by atoms with van der Waals surface area (Å²) in [4.78, 5) is 12.2. The molecular formula is C19H21NO. The third kappa shape index (κ3) is 4.32. The number of carbonyl (C=O) groups is 1. The largest absolute Gasteiger partial charge is 0.351 e. The van der Waals surface area contributed by atoms with Crippen molar-refractivity contribution in [2.75, 3.05) is 6.54 Å². The van der Waals surface area contributed by atoms with Gasteiger partial charge in [-0.2, -0.15) is 0 Å². The monoisotopic (exact) mass is 279 g/mol. The van der Waals surface area contributed by atoms with Crippen LogP contribution < -0.4 is 5.32 Å². The van der Waals surface area contributed by atoms with Crippen LogP contribution in [0.5, 0.6) is 0 Å². The molecule has 21 heavy (non-hydrogen) atoms. The lowest BCUT2D eigenvalue weighted by molar-refractivity contribution is 0.0951. The number of amides is 1. The average Bonchev–Trinajstić information content (AvgIpc) is 2.52. The molecule has 0 saturated carbocycles. The molecule has 2 aromatic rings. The van der Waals surface area contributed by atoms with Crippen LogP contribution in [0.1, 0.15) is 33.8 Å². The fraction of sp³-hybridized carbons (Fsp3) is 0.211. The Morgan fingerprint density at radius 3 is 2.43 bits per heavy atom. The van der Waals surface area contributed by atoms with Crippen molar-refractivity contribution in [2.45, 2.75) is 19.3 Å². The molecule has 0 radical (unpaired) electrons. The van der Waals surface area contributed by atoms with Crippen LogP contribution in [0.25, 0.3) is 0 Å². The molecule has 2 heteroatoms. The van der Waals surface area contributed by atoms with Gasteiger partial charge in [-0.05, 0) is 31.0 Å². The van der Waals surface area contributed by atoms with Crippen molar-refractivity contribution >= 4 is 5.91 Å². The molecule has 108 valence electrons. The molecule has 2 rings (SSSR count). The maximum atomic E-state index is 12.2. The predicted molar refractivity (Wildman–Crippen MR) is 87.5 cm³/mol. The van der Waals surface area contributed by atoms with Crippen LogP contribution in [0.4, 0.5) is 0 Å². The van der Waals surface area contributed by atoms with Gasteiger partial charge in [0, 0.05) is 18.0 Å². The van der Waals surface area contributed by atoms with E-state index < -0.39 is 0 Å². The molecule has 2 nitrogen and oxygen atoms in total. The lowest BCUT2D eigenvalue weighted by atomic mass is 9.95. The third-order valence-electron chi connectivity index (χ3n) is 3.54. The number of hydrogen-bond acceptors (Lipinski definition) is 1. The van der Waals surface area contributed by atoms with Gasteiger partial charge in [0.2, 0.25) is 0 Å². The lowest BCUT2D eigenvalue weighted by Crippen LogP contribution is -2.28. The van der Waals surface area contributed by atoms with Gasteiger partial charge in [-0.3, -0.25) is 4.79 Å². The maximum absolute atomic E-state index is 12.2. The summed E-state index contributed by atoms with van der Waals surface area (Å²) in [5.41, 5.74) is 3.08. The quantitative estimate of drug-likeness (QED) is 0.793. The Kier molecular flexibility index (Phi) is 5.33. The van der Waals surface area contributed by atoms with Gasteiger partial charge in [-0.15, -0.1) is 6.58 Å². The number of benzene rings is 2. The van der Waals surface area contributed by atoms with E-state index in [1.54, 1.807) is 0 Å². The summed E-state index contributed by atoms with van der Waals surface area (Å²) in [6.45, 7) is 6.43. The lowest BCUT2D eigenvalue weighted by Gasteiger charge is -2.16. The SMILES string of the molecule is C=CCC(CNC(=O)c1ccc(C)cc1)c1ccccc1. The van der Waals surface area contributed by atoms with Gasteiger partial charge in [0.15, 0.2) is 0 Å². The minimum atomic E-state index is -0.0278. The van der Waals surface area contributed by atoms with Crippen molar-refractivity contribution < 1.29 is 4.79 Å². The van der Waals surface area contributed by atoms with Crippen LogP contribution >= 0.6 is 0 Å². The van der Waals surface area contributed by atoms with E-state index in [1.807, 2.05) is 55.5 Å². The Balaban J connectivity index is 2.00. The van der Waals surface area contributed by atoms with Crippen molar-refractivity contribution in [1.29, 1.82) is 0 Å². The highest BCUT2D eigenvalue weighted by atomic mass is 16.1. The zero-order chi connectivity index (χ0) is 15.1. The summed E-state index contributed by atoms with van der Waals surface area (Å²) in [6, 6.07) is 17.8. The van der Waals surface area contributed by atoms with Crippen molar-refractivity contribution in [2.24, 2.45) is 0 Å². The van der Waals surface area contributed by atoms with Crippen LogP contribution in [-0.4, -0.2) is 12.5 Å². The highest BCUT2D eigenvalue weighted by Crippen LogP contribution is 2.19. The van der Waals surface area contributed by atoms with Gasteiger partial charge in [0.1, 0.15) is 0 Å². The molecule has 0 bridgehead atoms. The Morgan fingerprint density at radius 1 is 1.14 bits per heavy atom. The summed E-state index contributed by atoms with van der Waals surface area (Å²) >= 11 is 0. The van der Waals surface area contributed by atoms with E-state index >= 15 is 0 Å². The first-order chi connectivity index (χ1) is 10.2. The number of rotatable bonds is 6. The molecule has 0 aliphatic rings. The summed E-state index contributed by atoms with van der Waals surface area (Å²) in [5, 5.41) is 3.02. The number of nitrogens with one attached hydrogen (secondary N) is 1. The zero-order valence-electron chi connectivity index (χ0n) is 12.4. The number of carbonyl (C=O) groups excluding carboxylic acids is 1. The van der Waals surface area contributed by atoms with Gasteiger partial charge in [0.25, 0.3) is 5.91 Å². The van der Waals surface area contributed by atoms with E-state index in [0.717, 1.165) is 12.0 Å². The maximum Gasteiger partial charge on any atom is 0.251 e. The van der Waals surface area contributed by atoms with Crippen molar-refractivity contribution in [1.82, 2.24) is 5.32 Å². The molecule has 0 fully saturated rings. The van der Waals surface area contributed by atoms with E-state index in [9.17, 15) is 4.79 Å². The first-order valence-electron chi connectivity index (χ1n) is 7.21. The fourth-order valence-corrected chi connectivity index (χ4v) is 2.29. The smallest absolute Gasteiger partial charge is 0.251 e. The number of hydrogen-bond donors (Lipinski definition) is 1. The van der Waals surface area contributed by atoms with Crippen LogP contribution in [0.3, 0.4) is 0 Å². The highest BCUT2D eigenvalue weighted by Gasteiger charge is 2.12. The molecule has 0 saturated heterocycles. The standard InChI is InChI=1S/C19H21NO/c1-3-7-18(16-8-5-4-6-9-16)14-20-19(21)17-12-10-15(2)11-13-17/h3-6,8-13,18H,1,7,14H2,2H3,(H,20,21). The minimum Gasteiger partial charge on any atom is -0.351 e. The Morgan fingerprint density at radius 2 is 1.81 bits per heavy atom. The summed E-state index contributed by atoms with van der Waals surface area (Å²) in [6.07, 6.45) is 2.74. The van der Waals surface area contributed by atoms with Gasteiger partial charge in [-0.1, -0.05) is 54.1 Å². The molecule has 0 aromatic heterocycles. The first-order valence-corrected chi connectivity index (χ1v) is 7.21. The summed E-state index contributed by atoms with van der Waals surface area (Å²) in [7, 11) is 0. The Labute approximate surface area is 126 Å². The predicted octanol–water partition coefficient (Wildman–Crippen LogP) is 4.08. The van der Waals surface area contributed by atoms with Crippen LogP contribution in [0, 0.1) is 6.92 Å². The van der Waals surface area contributed by atoms with E-state index in [0.29, 0.717) is 12.1 Å². The topological polar surface area (TPSA) is 29.1 Å². The van der Waals surface area contributed by atoms with Gasteiger partial charge in [0.05, 0.1) is 0 Å². The summed E-state index contributed by atoms with van der Waals surface area (Å²) < 4.78 is 0. The molecule has 0 aliphatic heterocycles. The van der Waals surface area contributed by atoms with E-state index in [-0.39, 0.29) is 11.8 Å². The number of aryl methyl sites for hydroxylation is 1. The molecule has 0 spiro atoms. The van der Waals surface area contributed by atoms with Crippen LogP contribution in [0.15, 0.2) is 67.3 Å². The van der Waals surface area contributed by atoms with Crippen LogP contribution in [-0.2, 0) is 0 Å². The van der Waals surface area contributed by atoms with Gasteiger partial charge >= 0.3 is 0 Å². The van der Waals surface area contributed by atoms with E-state index in [4.69, 9.17) is 0 Å². The second-order valence-electron chi connectivity index (χ2n) is 5.21. The molecule has 2 aromatic carbocycles. The molecule has 1 N–H and O–H groups in total. The number of allylic oxidation sites excluding steroid dienone is 1. The first kappa shape index (κ1) is 15.0. The molecule has 0 heterocycles. The molecule has 1 atom stereocenters. The van der Waals surface area contributed by atoms with Gasteiger partial charge in [-0.25, -0.2) is 0 Å². The fourth-order valence-electron chi connectivity index (χ4n) is 2.29. The van der Waals surface area contributed by atoms with Crippen LogP contribution in [0.2, 0.25) is 0 Å². The van der Waals surface area contributed by atoms with E-state index in [1.165, 1.54) is 5.56 Å². The minimum absolute atomic E-state index is 0.0278. The van der Waals surface area contributed by atoms with Crippen molar-refractivity contribution in [3.8, 4) is 0 Å². The average molecular weight is 279 g/mol. The molecular weight excluding hydrogens is 258 g/mol. The Bertz CT molecular complexity index is 587. The van der Waals surface area contributed by atoms with E-state index in [2.05, 4.69) is 24.0 Å². The Hall–Kier alpha value is -2.35. The van der Waals surface area contributed by atoms with Crippen molar-refractivity contribution in [3.63, 3.8) is 0 Å². The molecule has 0 aliphatic carbocycles. The van der Waals surface area contributed by atoms with Crippen molar-refractivity contribution in [3.05, 3.63) is 83.9 Å². The van der Waals surface area contributed by atoms with Gasteiger partial charge < -0.3 is 5.32 Å². The molecule has 1 amide bonds. The second kappa shape index (κ2) is 7.44. The molecule has 1 unspecified atom stereocenters.